The first kappa shape index (κ1) is 25.7. The summed E-state index contributed by atoms with van der Waals surface area (Å²) in [6.45, 7) is 1.90. The standard InChI is InChI=1S/C21H21N7O5S3/c1-2-33-26-13(16-25-21(22)36-27-16)17(29)24-14-18(30)28-15(20(31)32)11(10-35-19(14)28)9-34-8-6-12-5-3-4-7-23-12/h3-8,14,19H,2,9-10H2,1H3,(H,24,29)(H,31,32)(H2,22,25,27)/b8-6-,26-13+/t14?,19-/m1/s1. The zero-order valence-corrected chi connectivity index (χ0v) is 21.3. The zero-order chi connectivity index (χ0) is 25.7. The number of thioether (sulfide) groups is 2. The minimum atomic E-state index is -1.19. The summed E-state index contributed by atoms with van der Waals surface area (Å²) in [5.41, 5.74) is 6.75. The highest BCUT2D eigenvalue weighted by Crippen LogP contribution is 2.41. The van der Waals surface area contributed by atoms with Gasteiger partial charge in [0.15, 0.2) is 5.13 Å². The Morgan fingerprint density at radius 3 is 2.94 bits per heavy atom. The van der Waals surface area contributed by atoms with Crippen LogP contribution in [0.4, 0.5) is 5.13 Å². The van der Waals surface area contributed by atoms with Crippen molar-refractivity contribution in [3.63, 3.8) is 0 Å². The smallest absolute Gasteiger partial charge is 0.352 e. The zero-order valence-electron chi connectivity index (χ0n) is 18.9. The molecule has 36 heavy (non-hydrogen) atoms. The molecule has 2 aromatic heterocycles. The maximum absolute atomic E-state index is 12.9. The summed E-state index contributed by atoms with van der Waals surface area (Å²) in [4.78, 5) is 52.2. The molecule has 2 aromatic rings. The number of pyridine rings is 1. The average Bonchev–Trinajstić information content (AvgIpc) is 3.31. The summed E-state index contributed by atoms with van der Waals surface area (Å²) in [5, 5.41) is 17.6. The molecule has 15 heteroatoms. The lowest BCUT2D eigenvalue weighted by atomic mass is 10.0. The van der Waals surface area contributed by atoms with Crippen molar-refractivity contribution in [2.75, 3.05) is 23.8 Å². The molecule has 2 aliphatic heterocycles. The van der Waals surface area contributed by atoms with E-state index in [0.717, 1.165) is 17.2 Å². The number of carbonyl (C=O) groups is 3. The van der Waals surface area contributed by atoms with Crippen LogP contribution in [0.5, 0.6) is 0 Å². The molecule has 4 heterocycles. The van der Waals surface area contributed by atoms with Gasteiger partial charge in [-0.05, 0) is 36.1 Å². The number of rotatable bonds is 10. The number of amides is 2. The van der Waals surface area contributed by atoms with Gasteiger partial charge in [-0.25, -0.2) is 4.79 Å². The Morgan fingerprint density at radius 2 is 2.28 bits per heavy atom. The van der Waals surface area contributed by atoms with E-state index in [2.05, 4.69) is 24.8 Å². The topological polar surface area (TPSA) is 173 Å². The minimum absolute atomic E-state index is 0.0208. The third-order valence-electron chi connectivity index (χ3n) is 4.97. The number of hydrogen-bond acceptors (Lipinski definition) is 12. The van der Waals surface area contributed by atoms with Crippen molar-refractivity contribution in [1.82, 2.24) is 24.6 Å². The van der Waals surface area contributed by atoms with Crippen LogP contribution in [0.15, 0.2) is 46.2 Å². The summed E-state index contributed by atoms with van der Waals surface area (Å²) in [6.07, 6.45) is 3.52. The molecule has 0 aromatic carbocycles. The monoisotopic (exact) mass is 547 g/mol. The highest BCUT2D eigenvalue weighted by molar-refractivity contribution is 8.02. The summed E-state index contributed by atoms with van der Waals surface area (Å²) in [7, 11) is 0. The van der Waals surface area contributed by atoms with Gasteiger partial charge in [0.25, 0.3) is 11.8 Å². The molecule has 2 amide bonds. The van der Waals surface area contributed by atoms with E-state index >= 15 is 0 Å². The van der Waals surface area contributed by atoms with Crippen LogP contribution in [-0.2, 0) is 19.2 Å². The molecule has 4 rings (SSSR count). The molecular weight excluding hydrogens is 526 g/mol. The fourth-order valence-corrected chi connectivity index (χ4v) is 6.07. The van der Waals surface area contributed by atoms with Crippen LogP contribution in [-0.4, -0.2) is 77.4 Å². The SMILES string of the molecule is CCO/N=C(/C(=O)NC1C(=O)N2C(C(=O)O)=C(CS/C=C\c3ccccn3)CS[C@H]12)c1nsc(N)n1. The van der Waals surface area contributed by atoms with Crippen molar-refractivity contribution in [3.05, 3.63) is 52.6 Å². The number of nitrogen functional groups attached to an aromatic ring is 1. The molecule has 4 N–H and O–H groups in total. The number of nitrogens with zero attached hydrogens (tertiary/aromatic N) is 5. The highest BCUT2D eigenvalue weighted by Gasteiger charge is 2.54. The number of β-lactam (4-membered cyclic amide) rings is 1. The van der Waals surface area contributed by atoms with Gasteiger partial charge in [-0.2, -0.15) is 9.36 Å². The second kappa shape index (κ2) is 11.5. The molecule has 0 spiro atoms. The Labute approximate surface area is 218 Å². The Balaban J connectivity index is 1.44. The number of aromatic nitrogens is 3. The lowest BCUT2D eigenvalue weighted by molar-refractivity contribution is -0.150. The fraction of sp³-hybridized carbons (Fsp3) is 0.286. The number of fused-ring (bicyclic) bond motifs is 1. The van der Waals surface area contributed by atoms with E-state index in [4.69, 9.17) is 10.6 Å². The second-order valence-electron chi connectivity index (χ2n) is 7.30. The highest BCUT2D eigenvalue weighted by atomic mass is 32.2. The lowest BCUT2D eigenvalue weighted by Crippen LogP contribution is -2.71. The van der Waals surface area contributed by atoms with Gasteiger partial charge in [0.05, 0.1) is 5.69 Å². The van der Waals surface area contributed by atoms with Crippen LogP contribution >= 0.6 is 35.1 Å². The maximum atomic E-state index is 12.9. The molecule has 2 atom stereocenters. The predicted molar refractivity (Wildman–Crippen MR) is 138 cm³/mol. The van der Waals surface area contributed by atoms with Crippen molar-refractivity contribution in [2.24, 2.45) is 5.16 Å². The van der Waals surface area contributed by atoms with Gasteiger partial charge in [0, 0.05) is 29.2 Å². The molecule has 0 bridgehead atoms. The van der Waals surface area contributed by atoms with Gasteiger partial charge in [-0.1, -0.05) is 11.2 Å². The third-order valence-corrected chi connectivity index (χ3v) is 7.70. The Morgan fingerprint density at radius 1 is 1.44 bits per heavy atom. The van der Waals surface area contributed by atoms with Gasteiger partial charge in [-0.3, -0.25) is 19.5 Å². The average molecular weight is 548 g/mol. The second-order valence-corrected chi connectivity index (χ2v) is 10.1. The number of oxime groups is 1. The number of anilines is 1. The van der Waals surface area contributed by atoms with E-state index in [1.165, 1.54) is 28.4 Å². The first-order chi connectivity index (χ1) is 17.4. The minimum Gasteiger partial charge on any atom is -0.477 e. The Hall–Kier alpha value is -3.43. The van der Waals surface area contributed by atoms with Gasteiger partial charge >= 0.3 is 5.97 Å². The molecule has 1 saturated heterocycles. The summed E-state index contributed by atoms with van der Waals surface area (Å²) < 4.78 is 3.98. The van der Waals surface area contributed by atoms with Gasteiger partial charge in [0.2, 0.25) is 11.5 Å². The number of hydrogen-bond donors (Lipinski definition) is 3. The van der Waals surface area contributed by atoms with Crippen LogP contribution in [0, 0.1) is 0 Å². The quantitative estimate of drug-likeness (QED) is 0.223. The largest absolute Gasteiger partial charge is 0.477 e. The molecule has 0 radical (unpaired) electrons. The fourth-order valence-electron chi connectivity index (χ4n) is 3.39. The Bertz CT molecular complexity index is 1250. The van der Waals surface area contributed by atoms with Gasteiger partial charge in [-0.15, -0.1) is 23.5 Å². The van der Waals surface area contributed by atoms with Crippen LogP contribution in [0.1, 0.15) is 18.4 Å². The van der Waals surface area contributed by atoms with E-state index < -0.39 is 29.2 Å². The molecule has 0 aliphatic carbocycles. The summed E-state index contributed by atoms with van der Waals surface area (Å²) >= 11 is 3.68. The number of nitrogens with two attached hydrogens (primary N) is 1. The van der Waals surface area contributed by atoms with Crippen molar-refractivity contribution >= 4 is 69.8 Å². The Kier molecular flexibility index (Phi) is 8.22. The number of carboxylic acids is 1. The molecule has 1 fully saturated rings. The van der Waals surface area contributed by atoms with Crippen LogP contribution in [0.3, 0.4) is 0 Å². The molecule has 1 unspecified atom stereocenters. The molecule has 12 nitrogen and oxygen atoms in total. The van der Waals surface area contributed by atoms with Gasteiger partial charge in [0.1, 0.15) is 23.7 Å². The van der Waals surface area contributed by atoms with Crippen LogP contribution in [0.2, 0.25) is 0 Å². The van der Waals surface area contributed by atoms with E-state index in [1.54, 1.807) is 13.1 Å². The van der Waals surface area contributed by atoms with Crippen molar-refractivity contribution < 1.29 is 24.3 Å². The number of carboxylic acid groups (broad SMARTS) is 1. The first-order valence-corrected chi connectivity index (χ1v) is 13.5. The number of carbonyl (C=O) groups excluding carboxylic acids is 2. The van der Waals surface area contributed by atoms with Crippen LogP contribution < -0.4 is 11.1 Å². The summed E-state index contributed by atoms with van der Waals surface area (Å²) in [5.74, 6) is -1.66. The first-order valence-electron chi connectivity index (χ1n) is 10.6. The summed E-state index contributed by atoms with van der Waals surface area (Å²) in [6, 6.07) is 4.62. The maximum Gasteiger partial charge on any atom is 0.352 e. The van der Waals surface area contributed by atoms with Gasteiger partial charge < -0.3 is 21.0 Å². The van der Waals surface area contributed by atoms with Crippen molar-refractivity contribution in [3.8, 4) is 0 Å². The number of aliphatic carboxylic acids is 1. The normalized spacial score (nSPS) is 19.8. The van der Waals surface area contributed by atoms with Crippen molar-refractivity contribution in [2.45, 2.75) is 18.3 Å². The molecular formula is C21H21N7O5S3. The predicted octanol–water partition coefficient (Wildman–Crippen LogP) is 1.40. The van der Waals surface area contributed by atoms with E-state index in [1.807, 2.05) is 29.7 Å². The third kappa shape index (κ3) is 5.52. The van der Waals surface area contributed by atoms with Crippen LogP contribution in [0.25, 0.3) is 6.08 Å². The molecule has 188 valence electrons. The number of nitrogens with one attached hydrogen (secondary N) is 1. The van der Waals surface area contributed by atoms with E-state index in [0.29, 0.717) is 17.1 Å². The molecule has 2 aliphatic rings. The van der Waals surface area contributed by atoms with E-state index in [-0.39, 0.29) is 29.0 Å². The van der Waals surface area contributed by atoms with E-state index in [9.17, 15) is 19.5 Å². The molecule has 0 saturated carbocycles. The lowest BCUT2D eigenvalue weighted by Gasteiger charge is -2.49. The van der Waals surface area contributed by atoms with Crippen molar-refractivity contribution in [1.29, 1.82) is 0 Å².